The van der Waals surface area contributed by atoms with Crippen LogP contribution in [0.2, 0.25) is 0 Å². The van der Waals surface area contributed by atoms with Crippen molar-refractivity contribution in [2.45, 2.75) is 6.42 Å². The molecule has 1 N–H and O–H groups in total. The first-order valence-corrected chi connectivity index (χ1v) is 15.0. The van der Waals surface area contributed by atoms with Crippen LogP contribution < -0.4 is 15.9 Å². The Balaban J connectivity index is 1.92. The summed E-state index contributed by atoms with van der Waals surface area (Å²) in [6, 6.07) is 35.6. The van der Waals surface area contributed by atoms with Gasteiger partial charge < -0.3 is 0 Å². The number of halogens is 1. The van der Waals surface area contributed by atoms with Gasteiger partial charge in [-0.1, -0.05) is 0 Å². The molecular weight excluding hydrogens is 475 g/mol. The van der Waals surface area contributed by atoms with Crippen molar-refractivity contribution in [1.82, 2.24) is 0 Å². The summed E-state index contributed by atoms with van der Waals surface area (Å²) in [4.78, 5) is 12.8. The number of thiophene rings is 1. The van der Waals surface area contributed by atoms with E-state index < -0.39 is 11.3 Å². The predicted molar refractivity (Wildman–Crippen MR) is 134 cm³/mol. The molecular formula is C25H22BrO2PS. The number of benzene rings is 3. The van der Waals surface area contributed by atoms with Gasteiger partial charge in [-0.2, -0.15) is 0 Å². The third kappa shape index (κ3) is 3.65. The molecule has 0 amide bonds. The van der Waals surface area contributed by atoms with Crippen LogP contribution in [0, 0.1) is 0 Å². The number of aryl methyl sites for hydroxylation is 1. The van der Waals surface area contributed by atoms with Crippen LogP contribution in [0.3, 0.4) is 0 Å². The van der Waals surface area contributed by atoms with Crippen molar-refractivity contribution in [2.24, 2.45) is 0 Å². The zero-order chi connectivity index (χ0) is 21.1. The van der Waals surface area contributed by atoms with Gasteiger partial charge in [-0.25, -0.2) is 0 Å². The third-order valence-electron chi connectivity index (χ3n) is 5.53. The van der Waals surface area contributed by atoms with E-state index in [1.165, 1.54) is 27.3 Å². The van der Waals surface area contributed by atoms with Crippen LogP contribution in [-0.2, 0) is 6.42 Å². The Morgan fingerprint density at radius 3 is 1.53 bits per heavy atom. The molecule has 0 saturated heterocycles. The van der Waals surface area contributed by atoms with Crippen molar-refractivity contribution in [3.8, 4) is 0 Å². The van der Waals surface area contributed by atoms with E-state index in [1.54, 1.807) is 6.07 Å². The maximum atomic E-state index is 11.4. The Kier molecular flexibility index (Phi) is 5.92. The maximum absolute atomic E-state index is 11.4. The summed E-state index contributed by atoms with van der Waals surface area (Å²) in [6.07, 6.45) is 1.66. The molecule has 0 saturated carbocycles. The molecule has 1 aromatic heterocycles. The first-order chi connectivity index (χ1) is 14.5. The van der Waals surface area contributed by atoms with Crippen LogP contribution in [0.15, 0.2) is 103 Å². The van der Waals surface area contributed by atoms with Gasteiger partial charge >= 0.3 is 189 Å². The van der Waals surface area contributed by atoms with Crippen molar-refractivity contribution in [3.05, 3.63) is 113 Å². The summed E-state index contributed by atoms with van der Waals surface area (Å²) in [5.74, 6) is -0.864. The molecule has 4 aromatic rings. The van der Waals surface area contributed by atoms with Crippen LogP contribution in [0.25, 0.3) is 0 Å². The topological polar surface area (TPSA) is 37.3 Å². The van der Waals surface area contributed by atoms with Gasteiger partial charge in [0.15, 0.2) is 0 Å². The summed E-state index contributed by atoms with van der Waals surface area (Å²) < 4.78 is 0. The quantitative estimate of drug-likeness (QED) is 0.327. The summed E-state index contributed by atoms with van der Waals surface area (Å²) in [6.45, 7) is 0. The number of carboxylic acids is 1. The Labute approximate surface area is 188 Å². The van der Waals surface area contributed by atoms with Gasteiger partial charge in [0.05, 0.1) is 0 Å². The Hall–Kier alpha value is -2.26. The van der Waals surface area contributed by atoms with Gasteiger partial charge in [-0.15, -0.1) is 0 Å². The van der Waals surface area contributed by atoms with E-state index in [1.807, 2.05) is 24.3 Å². The molecule has 5 heteroatoms. The van der Waals surface area contributed by atoms with Crippen LogP contribution >= 0.6 is 32.1 Å². The summed E-state index contributed by atoms with van der Waals surface area (Å²) in [5.41, 5.74) is 0. The zero-order valence-electron chi connectivity index (χ0n) is 16.3. The average Bonchev–Trinajstić information content (AvgIpc) is 3.29. The van der Waals surface area contributed by atoms with Crippen molar-refractivity contribution < 1.29 is 9.90 Å². The minimum atomic E-state index is -2.97. The molecule has 3 aromatic carbocycles. The molecule has 0 fully saturated rings. The number of carboxylic acid groups (broad SMARTS) is 1. The molecule has 152 valence electrons. The van der Waals surface area contributed by atoms with Gasteiger partial charge in [0.2, 0.25) is 0 Å². The molecule has 0 atom stereocenters. The molecule has 30 heavy (non-hydrogen) atoms. The van der Waals surface area contributed by atoms with Gasteiger partial charge in [-0.3, -0.25) is 0 Å². The fourth-order valence-corrected chi connectivity index (χ4v) is 12.4. The number of carbonyl (C=O) groups is 1. The summed E-state index contributed by atoms with van der Waals surface area (Å²) in [5, 5.41) is 10.2. The first-order valence-electron chi connectivity index (χ1n) is 9.74. The number of hydrogen-bond acceptors (Lipinski definition) is 2. The second kappa shape index (κ2) is 8.47. The second-order valence-electron chi connectivity index (χ2n) is 7.23. The fourth-order valence-electron chi connectivity index (χ4n) is 4.00. The monoisotopic (exact) mass is 496 g/mol. The molecule has 4 rings (SSSR count). The molecule has 0 radical (unpaired) electrons. The molecule has 0 unspecified atom stereocenters. The van der Waals surface area contributed by atoms with Gasteiger partial charge in [0.1, 0.15) is 0 Å². The summed E-state index contributed by atoms with van der Waals surface area (Å²) >= 11 is 5.80. The van der Waals surface area contributed by atoms with E-state index in [2.05, 4.69) is 88.3 Å². The SMILES string of the molecule is O=C(O)c1ccc(CCP(Br)(c2ccccc2)(c2ccccc2)c2ccccc2)s1. The molecule has 0 spiro atoms. The molecule has 2 nitrogen and oxygen atoms in total. The van der Waals surface area contributed by atoms with E-state index in [0.29, 0.717) is 4.88 Å². The number of hydrogen-bond donors (Lipinski definition) is 1. The first kappa shape index (κ1) is 21.0. The van der Waals surface area contributed by atoms with Crippen LogP contribution in [-0.4, -0.2) is 17.2 Å². The van der Waals surface area contributed by atoms with Gasteiger partial charge in [0.25, 0.3) is 0 Å². The van der Waals surface area contributed by atoms with Gasteiger partial charge in [0, 0.05) is 0 Å². The minimum absolute atomic E-state index is 0.388. The fraction of sp³-hybridized carbons (Fsp3) is 0.0800. The molecule has 0 aliphatic heterocycles. The average molecular weight is 497 g/mol. The predicted octanol–water partition coefficient (Wildman–Crippen LogP) is 5.83. The standard InChI is InChI=1S/C25H22BrO2PS/c26-29(20-10-4-1-5-11-20,21-12-6-2-7-13-21,22-14-8-3-9-15-22)19-18-23-16-17-24(30-23)25(27)28/h1-17H,18-19H2,(H,27,28). The van der Waals surface area contributed by atoms with Crippen molar-refractivity contribution >= 4 is 54.0 Å². The van der Waals surface area contributed by atoms with E-state index in [9.17, 15) is 9.90 Å². The zero-order valence-corrected chi connectivity index (χ0v) is 19.6. The van der Waals surface area contributed by atoms with Crippen molar-refractivity contribution in [1.29, 1.82) is 0 Å². The van der Waals surface area contributed by atoms with E-state index >= 15 is 0 Å². The second-order valence-corrected chi connectivity index (χ2v) is 17.5. The van der Waals surface area contributed by atoms with E-state index in [4.69, 9.17) is 0 Å². The molecule has 0 aliphatic rings. The Morgan fingerprint density at radius 1 is 0.733 bits per heavy atom. The number of rotatable bonds is 7. The molecule has 0 bridgehead atoms. The van der Waals surface area contributed by atoms with Crippen LogP contribution in [0.4, 0.5) is 0 Å². The van der Waals surface area contributed by atoms with E-state index in [-0.39, 0.29) is 0 Å². The third-order valence-corrected chi connectivity index (χ3v) is 16.6. The van der Waals surface area contributed by atoms with Gasteiger partial charge in [-0.05, 0) is 0 Å². The molecule has 1 heterocycles. The van der Waals surface area contributed by atoms with Crippen molar-refractivity contribution in [2.75, 3.05) is 6.16 Å². The van der Waals surface area contributed by atoms with Crippen LogP contribution in [0.1, 0.15) is 14.5 Å². The summed E-state index contributed by atoms with van der Waals surface area (Å²) in [7, 11) is 0. The Bertz CT molecular complexity index is 1040. The van der Waals surface area contributed by atoms with E-state index in [0.717, 1.165) is 17.5 Å². The number of aromatic carboxylic acids is 1. The van der Waals surface area contributed by atoms with Crippen molar-refractivity contribution in [3.63, 3.8) is 0 Å². The normalized spacial score (nSPS) is 12.8. The van der Waals surface area contributed by atoms with Crippen LogP contribution in [0.5, 0.6) is 0 Å². The Morgan fingerprint density at radius 2 is 1.17 bits per heavy atom. The molecule has 0 aliphatic carbocycles.